The number of hydrogen-bond acceptors (Lipinski definition) is 3. The fourth-order valence-electron chi connectivity index (χ4n) is 1.76. The molecular formula is C12H22N2O2. The Morgan fingerprint density at radius 2 is 1.75 bits per heavy atom. The van der Waals surface area contributed by atoms with Gasteiger partial charge >= 0.3 is 5.97 Å². The molecule has 0 aromatic rings. The van der Waals surface area contributed by atoms with Gasteiger partial charge in [0.15, 0.2) is 0 Å². The zero-order valence-electron chi connectivity index (χ0n) is 10.3. The van der Waals surface area contributed by atoms with Gasteiger partial charge in [0.1, 0.15) is 0 Å². The highest BCUT2D eigenvalue weighted by atomic mass is 16.4. The van der Waals surface area contributed by atoms with Crippen molar-refractivity contribution in [3.63, 3.8) is 0 Å². The molecular weight excluding hydrogens is 204 g/mol. The smallest absolute Gasteiger partial charge is 0.304 e. The number of aliphatic carboxylic acids is 1. The van der Waals surface area contributed by atoms with Crippen molar-refractivity contribution < 1.29 is 9.90 Å². The number of nitrogens with zero attached hydrogens (tertiary/aromatic N) is 2. The molecule has 1 N–H and O–H groups in total. The van der Waals surface area contributed by atoms with Crippen molar-refractivity contribution >= 4 is 5.97 Å². The number of carbonyl (C=O) groups is 1. The van der Waals surface area contributed by atoms with Crippen LogP contribution in [0.15, 0.2) is 11.6 Å². The first kappa shape index (κ1) is 13.2. The fraction of sp³-hybridized carbons (Fsp3) is 0.750. The molecule has 92 valence electrons. The largest absolute Gasteiger partial charge is 0.481 e. The summed E-state index contributed by atoms with van der Waals surface area (Å²) in [5, 5.41) is 8.60. The highest BCUT2D eigenvalue weighted by molar-refractivity contribution is 5.66. The topological polar surface area (TPSA) is 43.8 Å². The molecule has 1 aliphatic rings. The van der Waals surface area contributed by atoms with Gasteiger partial charge in [-0.25, -0.2) is 0 Å². The molecule has 0 saturated carbocycles. The summed E-state index contributed by atoms with van der Waals surface area (Å²) in [6.45, 7) is 10.0. The number of hydrogen-bond donors (Lipinski definition) is 1. The van der Waals surface area contributed by atoms with Crippen molar-refractivity contribution in [3.05, 3.63) is 11.6 Å². The summed E-state index contributed by atoms with van der Waals surface area (Å²) >= 11 is 0. The zero-order valence-corrected chi connectivity index (χ0v) is 10.3. The lowest BCUT2D eigenvalue weighted by atomic mass is 10.2. The van der Waals surface area contributed by atoms with E-state index in [0.717, 1.165) is 32.7 Å². The van der Waals surface area contributed by atoms with Gasteiger partial charge in [0.2, 0.25) is 0 Å². The van der Waals surface area contributed by atoms with Crippen molar-refractivity contribution in [2.24, 2.45) is 0 Å². The minimum atomic E-state index is -0.702. The summed E-state index contributed by atoms with van der Waals surface area (Å²) in [5.74, 6) is -0.702. The molecule has 1 aliphatic heterocycles. The Morgan fingerprint density at radius 3 is 2.25 bits per heavy atom. The van der Waals surface area contributed by atoms with Crippen LogP contribution in [0.2, 0.25) is 0 Å². The third kappa shape index (κ3) is 5.28. The standard InChI is InChI=1S/C12H22N2O2/c1-11(2)3-5-13-7-9-14(10-8-13)6-4-12(15)16/h3H,4-10H2,1-2H3,(H,15,16). The molecule has 0 bridgehead atoms. The van der Waals surface area contributed by atoms with E-state index in [-0.39, 0.29) is 6.42 Å². The Morgan fingerprint density at radius 1 is 1.19 bits per heavy atom. The molecule has 0 atom stereocenters. The van der Waals surface area contributed by atoms with Crippen LogP contribution in [0.1, 0.15) is 20.3 Å². The summed E-state index contributed by atoms with van der Waals surface area (Å²) < 4.78 is 0. The van der Waals surface area contributed by atoms with Gasteiger partial charge in [0.05, 0.1) is 6.42 Å². The van der Waals surface area contributed by atoms with Crippen LogP contribution in [-0.4, -0.2) is 60.1 Å². The quantitative estimate of drug-likeness (QED) is 0.712. The normalized spacial score (nSPS) is 18.4. The number of rotatable bonds is 5. The van der Waals surface area contributed by atoms with Gasteiger partial charge in [-0.3, -0.25) is 9.69 Å². The number of piperazine rings is 1. The van der Waals surface area contributed by atoms with Gasteiger partial charge in [-0.2, -0.15) is 0 Å². The van der Waals surface area contributed by atoms with E-state index in [1.54, 1.807) is 0 Å². The third-order valence-electron chi connectivity index (χ3n) is 2.86. The lowest BCUT2D eigenvalue weighted by Crippen LogP contribution is -2.46. The van der Waals surface area contributed by atoms with Crippen LogP contribution in [-0.2, 0) is 4.79 Å². The summed E-state index contributed by atoms with van der Waals surface area (Å²) in [4.78, 5) is 15.1. The Kier molecular flexibility index (Phi) is 5.49. The predicted molar refractivity (Wildman–Crippen MR) is 64.6 cm³/mol. The number of carboxylic acid groups (broad SMARTS) is 1. The van der Waals surface area contributed by atoms with E-state index >= 15 is 0 Å². The second kappa shape index (κ2) is 6.66. The van der Waals surface area contributed by atoms with E-state index in [1.807, 2.05) is 0 Å². The van der Waals surface area contributed by atoms with Crippen molar-refractivity contribution in [2.45, 2.75) is 20.3 Å². The first-order chi connectivity index (χ1) is 7.58. The molecule has 1 heterocycles. The van der Waals surface area contributed by atoms with Crippen LogP contribution >= 0.6 is 0 Å². The average Bonchev–Trinajstić information content (AvgIpc) is 2.25. The SMILES string of the molecule is CC(C)=CCN1CCN(CCC(=O)O)CC1. The van der Waals surface area contributed by atoms with Crippen molar-refractivity contribution in [1.82, 2.24) is 9.80 Å². The summed E-state index contributed by atoms with van der Waals surface area (Å²) in [7, 11) is 0. The fourth-order valence-corrected chi connectivity index (χ4v) is 1.76. The Balaban J connectivity index is 2.18. The summed E-state index contributed by atoms with van der Waals surface area (Å²) in [6, 6.07) is 0. The number of carboxylic acids is 1. The van der Waals surface area contributed by atoms with Crippen LogP contribution in [0.5, 0.6) is 0 Å². The highest BCUT2D eigenvalue weighted by Crippen LogP contribution is 2.03. The van der Waals surface area contributed by atoms with Gasteiger partial charge in [-0.1, -0.05) is 11.6 Å². The molecule has 1 saturated heterocycles. The first-order valence-electron chi connectivity index (χ1n) is 5.88. The molecule has 0 spiro atoms. The monoisotopic (exact) mass is 226 g/mol. The van der Waals surface area contributed by atoms with E-state index < -0.39 is 5.97 Å². The Bertz CT molecular complexity index is 252. The molecule has 4 nitrogen and oxygen atoms in total. The van der Waals surface area contributed by atoms with Gasteiger partial charge in [0, 0.05) is 39.3 Å². The maximum atomic E-state index is 10.4. The van der Waals surface area contributed by atoms with Gasteiger partial charge in [-0.05, 0) is 13.8 Å². The molecule has 1 fully saturated rings. The lowest BCUT2D eigenvalue weighted by Gasteiger charge is -2.33. The number of allylic oxidation sites excluding steroid dienone is 1. The van der Waals surface area contributed by atoms with Crippen molar-refractivity contribution in [3.8, 4) is 0 Å². The first-order valence-corrected chi connectivity index (χ1v) is 5.88. The second-order valence-corrected chi connectivity index (χ2v) is 4.57. The maximum absolute atomic E-state index is 10.4. The molecule has 0 radical (unpaired) electrons. The molecule has 16 heavy (non-hydrogen) atoms. The minimum Gasteiger partial charge on any atom is -0.481 e. The van der Waals surface area contributed by atoms with Gasteiger partial charge < -0.3 is 10.0 Å². The maximum Gasteiger partial charge on any atom is 0.304 e. The van der Waals surface area contributed by atoms with E-state index in [4.69, 9.17) is 5.11 Å². The predicted octanol–water partition coefficient (Wildman–Crippen LogP) is 1.04. The van der Waals surface area contributed by atoms with E-state index in [0.29, 0.717) is 6.54 Å². The van der Waals surface area contributed by atoms with Crippen LogP contribution in [0.25, 0.3) is 0 Å². The van der Waals surface area contributed by atoms with E-state index in [9.17, 15) is 4.79 Å². The van der Waals surface area contributed by atoms with Crippen LogP contribution in [0, 0.1) is 0 Å². The molecule has 1 rings (SSSR count). The Labute approximate surface area is 97.5 Å². The van der Waals surface area contributed by atoms with Crippen molar-refractivity contribution in [2.75, 3.05) is 39.3 Å². The van der Waals surface area contributed by atoms with Gasteiger partial charge in [0.25, 0.3) is 0 Å². The molecule has 0 amide bonds. The molecule has 0 aromatic heterocycles. The van der Waals surface area contributed by atoms with Crippen LogP contribution < -0.4 is 0 Å². The molecule has 0 unspecified atom stereocenters. The molecule has 4 heteroatoms. The van der Waals surface area contributed by atoms with Crippen LogP contribution in [0.3, 0.4) is 0 Å². The molecule has 0 aromatic carbocycles. The minimum absolute atomic E-state index is 0.258. The third-order valence-corrected chi connectivity index (χ3v) is 2.86. The van der Waals surface area contributed by atoms with E-state index in [1.165, 1.54) is 5.57 Å². The highest BCUT2D eigenvalue weighted by Gasteiger charge is 2.16. The lowest BCUT2D eigenvalue weighted by molar-refractivity contribution is -0.137. The van der Waals surface area contributed by atoms with Crippen LogP contribution in [0.4, 0.5) is 0 Å². The van der Waals surface area contributed by atoms with E-state index in [2.05, 4.69) is 29.7 Å². The molecule has 0 aliphatic carbocycles. The van der Waals surface area contributed by atoms with Gasteiger partial charge in [-0.15, -0.1) is 0 Å². The second-order valence-electron chi connectivity index (χ2n) is 4.57. The summed E-state index contributed by atoms with van der Waals surface area (Å²) in [5.41, 5.74) is 1.35. The average molecular weight is 226 g/mol. The summed E-state index contributed by atoms with van der Waals surface area (Å²) in [6.07, 6.45) is 2.50. The zero-order chi connectivity index (χ0) is 12.0. The van der Waals surface area contributed by atoms with Crippen molar-refractivity contribution in [1.29, 1.82) is 0 Å². The Hall–Kier alpha value is -0.870.